The highest BCUT2D eigenvalue weighted by Gasteiger charge is 2.19. The Labute approximate surface area is 135 Å². The number of halogens is 1. The molecule has 0 spiro atoms. The van der Waals surface area contributed by atoms with E-state index in [-0.39, 0.29) is 24.2 Å². The van der Waals surface area contributed by atoms with E-state index in [4.69, 9.17) is 10.5 Å². The van der Waals surface area contributed by atoms with E-state index < -0.39 is 6.04 Å². The Hall–Kier alpha value is -0.730. The van der Waals surface area contributed by atoms with Crippen molar-refractivity contribution in [1.29, 1.82) is 0 Å². The molecule has 1 amide bonds. The van der Waals surface area contributed by atoms with Gasteiger partial charge in [-0.1, -0.05) is 13.8 Å². The van der Waals surface area contributed by atoms with Crippen molar-refractivity contribution in [2.45, 2.75) is 26.4 Å². The van der Waals surface area contributed by atoms with Crippen LogP contribution in [0.15, 0.2) is 5.38 Å². The van der Waals surface area contributed by atoms with Crippen molar-refractivity contribution in [2.75, 3.05) is 31.6 Å². The Bertz CT molecular complexity index is 449. The molecule has 0 unspecified atom stereocenters. The molecule has 1 aliphatic rings. The number of nitrogens with zero attached hydrogens (tertiary/aromatic N) is 2. The third-order valence-electron chi connectivity index (χ3n) is 3.29. The molecule has 2 rings (SSSR count). The van der Waals surface area contributed by atoms with Gasteiger partial charge < -0.3 is 15.8 Å². The van der Waals surface area contributed by atoms with Gasteiger partial charge in [0.2, 0.25) is 5.91 Å². The van der Waals surface area contributed by atoms with Gasteiger partial charge in [-0.2, -0.15) is 0 Å². The summed E-state index contributed by atoms with van der Waals surface area (Å²) >= 11 is 1.44. The van der Waals surface area contributed by atoms with Crippen LogP contribution in [-0.4, -0.2) is 48.1 Å². The molecule has 1 saturated heterocycles. The first-order chi connectivity index (χ1) is 9.56. The molecule has 120 valence electrons. The van der Waals surface area contributed by atoms with Crippen molar-refractivity contribution >= 4 is 34.8 Å². The van der Waals surface area contributed by atoms with Crippen LogP contribution in [0.5, 0.6) is 0 Å². The zero-order chi connectivity index (χ0) is 14.5. The zero-order valence-electron chi connectivity index (χ0n) is 12.4. The number of amides is 1. The van der Waals surface area contributed by atoms with Gasteiger partial charge in [0.05, 0.1) is 24.9 Å². The normalized spacial score (nSPS) is 17.3. The lowest BCUT2D eigenvalue weighted by atomic mass is 10.1. The second kappa shape index (κ2) is 8.65. The smallest absolute Gasteiger partial charge is 0.243 e. The molecule has 1 atom stereocenters. The van der Waals surface area contributed by atoms with Gasteiger partial charge in [-0.05, 0) is 5.92 Å². The Morgan fingerprint density at radius 1 is 1.52 bits per heavy atom. The number of carbonyl (C=O) groups is 1. The van der Waals surface area contributed by atoms with Crippen LogP contribution in [0.3, 0.4) is 0 Å². The Morgan fingerprint density at radius 2 is 2.19 bits per heavy atom. The summed E-state index contributed by atoms with van der Waals surface area (Å²) in [6.45, 7) is 8.06. The summed E-state index contributed by atoms with van der Waals surface area (Å²) in [5.74, 6) is -0.0601. The fraction of sp³-hybridized carbons (Fsp3) is 0.692. The molecule has 0 saturated carbocycles. The maximum absolute atomic E-state index is 11.9. The van der Waals surface area contributed by atoms with Gasteiger partial charge in [-0.25, -0.2) is 4.98 Å². The fourth-order valence-electron chi connectivity index (χ4n) is 1.92. The Balaban J connectivity index is 0.00000220. The number of nitrogens with two attached hydrogens (primary N) is 1. The zero-order valence-corrected chi connectivity index (χ0v) is 14.0. The lowest BCUT2D eigenvalue weighted by Crippen LogP contribution is -2.39. The molecule has 1 fully saturated rings. The predicted octanol–water partition coefficient (Wildman–Crippen LogP) is 1.32. The van der Waals surface area contributed by atoms with Crippen LogP contribution in [-0.2, 0) is 16.1 Å². The van der Waals surface area contributed by atoms with E-state index >= 15 is 0 Å². The van der Waals surface area contributed by atoms with Crippen molar-refractivity contribution in [3.63, 3.8) is 0 Å². The maximum atomic E-state index is 11.9. The number of carbonyl (C=O) groups excluding carboxylic acids is 1. The molecule has 2 heterocycles. The van der Waals surface area contributed by atoms with Gasteiger partial charge in [0.1, 0.15) is 0 Å². The first-order valence-electron chi connectivity index (χ1n) is 6.87. The first kappa shape index (κ1) is 18.3. The van der Waals surface area contributed by atoms with Crippen LogP contribution < -0.4 is 11.1 Å². The summed E-state index contributed by atoms with van der Waals surface area (Å²) in [6, 6.07) is -0.499. The average Bonchev–Trinajstić information content (AvgIpc) is 2.86. The molecule has 6 nitrogen and oxygen atoms in total. The number of nitrogens with one attached hydrogen (secondary N) is 1. The van der Waals surface area contributed by atoms with Crippen LogP contribution >= 0.6 is 23.7 Å². The SMILES string of the molecule is CC(C)[C@H](N)C(=O)Nc1nc(CN2CCOCC2)cs1.Cl. The van der Waals surface area contributed by atoms with Crippen molar-refractivity contribution in [3.8, 4) is 0 Å². The topological polar surface area (TPSA) is 80.5 Å². The van der Waals surface area contributed by atoms with Gasteiger partial charge in [-0.15, -0.1) is 23.7 Å². The van der Waals surface area contributed by atoms with Crippen molar-refractivity contribution in [3.05, 3.63) is 11.1 Å². The summed E-state index contributed by atoms with van der Waals surface area (Å²) in [4.78, 5) is 18.6. The van der Waals surface area contributed by atoms with E-state index in [0.717, 1.165) is 38.5 Å². The van der Waals surface area contributed by atoms with E-state index in [1.807, 2.05) is 19.2 Å². The number of ether oxygens (including phenoxy) is 1. The molecule has 8 heteroatoms. The number of rotatable bonds is 5. The van der Waals surface area contributed by atoms with E-state index in [0.29, 0.717) is 5.13 Å². The minimum atomic E-state index is -0.499. The molecular formula is C13H23ClN4O2S. The summed E-state index contributed by atoms with van der Waals surface area (Å²) in [7, 11) is 0. The van der Waals surface area contributed by atoms with Crippen LogP contribution in [0.4, 0.5) is 5.13 Å². The third kappa shape index (κ3) is 5.52. The van der Waals surface area contributed by atoms with Crippen LogP contribution in [0.1, 0.15) is 19.5 Å². The van der Waals surface area contributed by atoms with E-state index in [1.165, 1.54) is 11.3 Å². The number of thiazole rings is 1. The van der Waals surface area contributed by atoms with E-state index in [1.54, 1.807) is 0 Å². The summed E-state index contributed by atoms with van der Waals surface area (Å²) in [6.07, 6.45) is 0. The van der Waals surface area contributed by atoms with Gasteiger partial charge in [0, 0.05) is 25.0 Å². The van der Waals surface area contributed by atoms with Crippen LogP contribution in [0.2, 0.25) is 0 Å². The standard InChI is InChI=1S/C13H22N4O2S.ClH/c1-9(2)11(14)12(18)16-13-15-10(8-20-13)7-17-3-5-19-6-4-17;/h8-9,11H,3-7,14H2,1-2H3,(H,15,16,18);1H/t11-;/m0./s1. The van der Waals surface area contributed by atoms with E-state index in [2.05, 4.69) is 15.2 Å². The number of hydrogen-bond acceptors (Lipinski definition) is 6. The minimum Gasteiger partial charge on any atom is -0.379 e. The average molecular weight is 335 g/mol. The second-order valence-corrected chi connectivity index (χ2v) is 6.15. The molecule has 0 aromatic carbocycles. The third-order valence-corrected chi connectivity index (χ3v) is 4.10. The molecule has 1 aromatic rings. The Kier molecular flexibility index (Phi) is 7.55. The lowest BCUT2D eigenvalue weighted by molar-refractivity contribution is -0.118. The van der Waals surface area contributed by atoms with Crippen LogP contribution in [0.25, 0.3) is 0 Å². The molecule has 1 aromatic heterocycles. The van der Waals surface area contributed by atoms with Gasteiger partial charge in [0.25, 0.3) is 0 Å². The summed E-state index contributed by atoms with van der Waals surface area (Å²) in [5, 5.41) is 5.38. The predicted molar refractivity (Wildman–Crippen MR) is 86.9 cm³/mol. The number of aromatic nitrogens is 1. The highest BCUT2D eigenvalue weighted by Crippen LogP contribution is 2.18. The molecule has 21 heavy (non-hydrogen) atoms. The second-order valence-electron chi connectivity index (χ2n) is 5.29. The Morgan fingerprint density at radius 3 is 2.81 bits per heavy atom. The lowest BCUT2D eigenvalue weighted by Gasteiger charge is -2.25. The van der Waals surface area contributed by atoms with E-state index in [9.17, 15) is 4.79 Å². The van der Waals surface area contributed by atoms with Crippen molar-refractivity contribution in [1.82, 2.24) is 9.88 Å². The molecular weight excluding hydrogens is 312 g/mol. The van der Waals surface area contributed by atoms with Crippen LogP contribution in [0, 0.1) is 5.92 Å². The first-order valence-corrected chi connectivity index (χ1v) is 7.75. The van der Waals surface area contributed by atoms with Crippen molar-refractivity contribution < 1.29 is 9.53 Å². The highest BCUT2D eigenvalue weighted by molar-refractivity contribution is 7.13. The number of anilines is 1. The molecule has 3 N–H and O–H groups in total. The quantitative estimate of drug-likeness (QED) is 0.848. The largest absolute Gasteiger partial charge is 0.379 e. The van der Waals surface area contributed by atoms with Gasteiger partial charge >= 0.3 is 0 Å². The number of morpholine rings is 1. The highest BCUT2D eigenvalue weighted by atomic mass is 35.5. The fourth-order valence-corrected chi connectivity index (χ4v) is 2.62. The van der Waals surface area contributed by atoms with Gasteiger partial charge in [0.15, 0.2) is 5.13 Å². The molecule has 0 aliphatic carbocycles. The summed E-state index contributed by atoms with van der Waals surface area (Å²) in [5.41, 5.74) is 6.78. The monoisotopic (exact) mass is 334 g/mol. The molecule has 0 bridgehead atoms. The number of hydrogen-bond donors (Lipinski definition) is 2. The minimum absolute atomic E-state index is 0. The summed E-state index contributed by atoms with van der Waals surface area (Å²) < 4.78 is 5.31. The van der Waals surface area contributed by atoms with Gasteiger partial charge in [-0.3, -0.25) is 9.69 Å². The van der Waals surface area contributed by atoms with Crippen molar-refractivity contribution in [2.24, 2.45) is 11.7 Å². The molecule has 1 aliphatic heterocycles. The molecule has 0 radical (unpaired) electrons. The maximum Gasteiger partial charge on any atom is 0.243 e.